The zero-order chi connectivity index (χ0) is 16.8. The number of benzene rings is 1. The monoisotopic (exact) mass is 359 g/mol. The van der Waals surface area contributed by atoms with Crippen LogP contribution in [0.3, 0.4) is 0 Å². The first kappa shape index (κ1) is 18.7. The van der Waals surface area contributed by atoms with Crippen LogP contribution in [0.25, 0.3) is 5.57 Å². The maximum atomic E-state index is 4.02. The van der Waals surface area contributed by atoms with E-state index in [1.54, 1.807) is 0 Å². The highest BCUT2D eigenvalue weighted by atomic mass is 79.9. The van der Waals surface area contributed by atoms with E-state index in [0.29, 0.717) is 0 Å². The molecule has 1 rings (SSSR count). The van der Waals surface area contributed by atoms with Crippen molar-refractivity contribution in [1.82, 2.24) is 4.90 Å². The smallest absolute Gasteiger partial charge is 0.0234 e. The zero-order valence-electron chi connectivity index (χ0n) is 14.3. The van der Waals surface area contributed by atoms with E-state index in [4.69, 9.17) is 0 Å². The highest BCUT2D eigenvalue weighted by Gasteiger charge is 2.04. The first-order valence-electron chi connectivity index (χ1n) is 7.49. The van der Waals surface area contributed by atoms with Crippen molar-refractivity contribution in [2.75, 3.05) is 13.6 Å². The molecule has 0 aromatic heterocycles. The fourth-order valence-corrected chi connectivity index (χ4v) is 2.45. The van der Waals surface area contributed by atoms with Crippen LogP contribution in [-0.4, -0.2) is 18.5 Å². The summed E-state index contributed by atoms with van der Waals surface area (Å²) in [6.45, 7) is 14.2. The van der Waals surface area contributed by atoms with E-state index >= 15 is 0 Å². The summed E-state index contributed by atoms with van der Waals surface area (Å²) in [6.07, 6.45) is 4.05. The zero-order valence-corrected chi connectivity index (χ0v) is 15.9. The molecule has 0 fully saturated rings. The second-order valence-electron chi connectivity index (χ2n) is 6.75. The van der Waals surface area contributed by atoms with Gasteiger partial charge in [0.25, 0.3) is 0 Å². The Morgan fingerprint density at radius 3 is 2.59 bits per heavy atom. The molecular weight excluding hydrogens is 334 g/mol. The topological polar surface area (TPSA) is 3.24 Å². The lowest BCUT2D eigenvalue weighted by molar-refractivity contribution is 0.363. The van der Waals surface area contributed by atoms with Crippen LogP contribution < -0.4 is 0 Å². The predicted molar refractivity (Wildman–Crippen MR) is 102 cm³/mol. The van der Waals surface area contributed by atoms with Crippen LogP contribution in [0.1, 0.15) is 38.8 Å². The minimum Gasteiger partial charge on any atom is -0.298 e. The van der Waals surface area contributed by atoms with E-state index in [-0.39, 0.29) is 5.41 Å². The minimum absolute atomic E-state index is 0.0610. The Labute approximate surface area is 144 Å². The first-order valence-corrected chi connectivity index (χ1v) is 8.28. The molecule has 0 radical (unpaired) electrons. The molecule has 0 aliphatic carbocycles. The number of hydrogen-bond donors (Lipinski definition) is 0. The standard InChI is InChI=1S/C20H26BrN/c1-16(2)18-12-17(13-19(21)14-18)15-22(6)11-9-7-8-10-20(3,4)5/h7,9,12-14H,1,11,15H2,2-6H3. The summed E-state index contributed by atoms with van der Waals surface area (Å²) in [7, 11) is 2.11. The van der Waals surface area contributed by atoms with Gasteiger partial charge in [-0.3, -0.25) is 4.90 Å². The van der Waals surface area contributed by atoms with Gasteiger partial charge in [-0.15, -0.1) is 0 Å². The van der Waals surface area contributed by atoms with Gasteiger partial charge in [0.2, 0.25) is 0 Å². The van der Waals surface area contributed by atoms with E-state index in [9.17, 15) is 0 Å². The quantitative estimate of drug-likeness (QED) is 0.625. The molecule has 2 heteroatoms. The fourth-order valence-electron chi connectivity index (χ4n) is 1.91. The largest absolute Gasteiger partial charge is 0.298 e. The Morgan fingerprint density at radius 1 is 1.32 bits per heavy atom. The van der Waals surface area contributed by atoms with Gasteiger partial charge >= 0.3 is 0 Å². The number of hydrogen-bond acceptors (Lipinski definition) is 1. The third-order valence-electron chi connectivity index (χ3n) is 2.97. The van der Waals surface area contributed by atoms with Crippen molar-refractivity contribution in [3.63, 3.8) is 0 Å². The van der Waals surface area contributed by atoms with Crippen molar-refractivity contribution >= 4 is 21.5 Å². The summed E-state index contributed by atoms with van der Waals surface area (Å²) in [5.74, 6) is 6.30. The minimum atomic E-state index is 0.0610. The van der Waals surface area contributed by atoms with Crippen LogP contribution in [0.4, 0.5) is 0 Å². The summed E-state index contributed by atoms with van der Waals surface area (Å²) >= 11 is 3.57. The second kappa shape index (κ2) is 8.36. The lowest BCUT2D eigenvalue weighted by atomic mass is 9.98. The van der Waals surface area contributed by atoms with Gasteiger partial charge in [-0.25, -0.2) is 0 Å². The molecule has 0 aliphatic rings. The molecule has 1 nitrogen and oxygen atoms in total. The molecule has 0 unspecified atom stereocenters. The van der Waals surface area contributed by atoms with Crippen molar-refractivity contribution in [2.45, 2.75) is 34.2 Å². The lowest BCUT2D eigenvalue weighted by Gasteiger charge is -2.15. The summed E-state index contributed by atoms with van der Waals surface area (Å²) in [4.78, 5) is 2.26. The fraction of sp³-hybridized carbons (Fsp3) is 0.400. The third-order valence-corrected chi connectivity index (χ3v) is 3.43. The van der Waals surface area contributed by atoms with Crippen molar-refractivity contribution in [3.8, 4) is 11.8 Å². The molecule has 0 saturated carbocycles. The molecule has 118 valence electrons. The molecule has 0 bridgehead atoms. The molecule has 1 aromatic carbocycles. The van der Waals surface area contributed by atoms with Gasteiger partial charge in [0, 0.05) is 23.0 Å². The van der Waals surface area contributed by atoms with Gasteiger partial charge in [0.05, 0.1) is 0 Å². The Kier molecular flexibility index (Phi) is 7.13. The van der Waals surface area contributed by atoms with E-state index in [1.165, 1.54) is 11.1 Å². The Balaban J connectivity index is 2.62. The van der Waals surface area contributed by atoms with Gasteiger partial charge in [-0.2, -0.15) is 0 Å². The van der Waals surface area contributed by atoms with Crippen LogP contribution in [0.15, 0.2) is 41.4 Å². The predicted octanol–water partition coefficient (Wildman–Crippen LogP) is 5.52. The molecular formula is C20H26BrN. The number of likely N-dealkylation sites (N-methyl/N-ethyl adjacent to an activating group) is 1. The van der Waals surface area contributed by atoms with Crippen molar-refractivity contribution in [2.24, 2.45) is 5.41 Å². The molecule has 0 atom stereocenters. The van der Waals surface area contributed by atoms with Crippen LogP contribution in [0.2, 0.25) is 0 Å². The number of nitrogens with zero attached hydrogens (tertiary/aromatic N) is 1. The lowest BCUT2D eigenvalue weighted by Crippen LogP contribution is -2.17. The van der Waals surface area contributed by atoms with Crippen molar-refractivity contribution < 1.29 is 0 Å². The number of halogens is 1. The maximum absolute atomic E-state index is 4.02. The second-order valence-corrected chi connectivity index (χ2v) is 7.66. The van der Waals surface area contributed by atoms with Crippen LogP contribution in [-0.2, 0) is 6.54 Å². The summed E-state index contributed by atoms with van der Waals surface area (Å²) in [6, 6.07) is 6.46. The average molecular weight is 360 g/mol. The summed E-state index contributed by atoms with van der Waals surface area (Å²) < 4.78 is 1.10. The van der Waals surface area contributed by atoms with E-state index < -0.39 is 0 Å². The number of rotatable bonds is 5. The highest BCUT2D eigenvalue weighted by molar-refractivity contribution is 9.10. The summed E-state index contributed by atoms with van der Waals surface area (Å²) in [5.41, 5.74) is 3.61. The van der Waals surface area contributed by atoms with Crippen LogP contribution in [0, 0.1) is 17.3 Å². The molecule has 0 N–H and O–H groups in total. The third kappa shape index (κ3) is 7.64. The summed E-state index contributed by atoms with van der Waals surface area (Å²) in [5, 5.41) is 0. The molecule has 22 heavy (non-hydrogen) atoms. The Bertz CT molecular complexity index is 609. The Morgan fingerprint density at radius 2 is 2.00 bits per heavy atom. The molecule has 0 saturated heterocycles. The van der Waals surface area contributed by atoms with E-state index in [2.05, 4.69) is 91.3 Å². The van der Waals surface area contributed by atoms with Gasteiger partial charge in [0.1, 0.15) is 0 Å². The molecule has 1 aromatic rings. The van der Waals surface area contributed by atoms with E-state index in [1.807, 2.05) is 13.0 Å². The van der Waals surface area contributed by atoms with Gasteiger partial charge in [0.15, 0.2) is 0 Å². The number of allylic oxidation sites excluding steroid dienone is 2. The van der Waals surface area contributed by atoms with Crippen LogP contribution in [0.5, 0.6) is 0 Å². The van der Waals surface area contributed by atoms with Crippen molar-refractivity contribution in [1.29, 1.82) is 0 Å². The van der Waals surface area contributed by atoms with Crippen molar-refractivity contribution in [3.05, 3.63) is 52.5 Å². The van der Waals surface area contributed by atoms with Gasteiger partial charge in [-0.1, -0.05) is 52.1 Å². The normalized spacial score (nSPS) is 11.6. The Hall–Kier alpha value is -1.30. The molecule has 0 amide bonds. The SMILES string of the molecule is C=C(C)c1cc(Br)cc(CN(C)CC=CC#CC(C)(C)C)c1. The molecule has 0 heterocycles. The van der Waals surface area contributed by atoms with Crippen LogP contribution >= 0.6 is 15.9 Å². The van der Waals surface area contributed by atoms with Gasteiger partial charge in [-0.05, 0) is 64.1 Å². The van der Waals surface area contributed by atoms with E-state index in [0.717, 1.165) is 23.1 Å². The maximum Gasteiger partial charge on any atom is 0.0234 e. The average Bonchev–Trinajstić information content (AvgIpc) is 2.36. The highest BCUT2D eigenvalue weighted by Crippen LogP contribution is 2.21. The molecule has 0 spiro atoms. The first-order chi connectivity index (χ1) is 10.2. The molecule has 0 aliphatic heterocycles. The van der Waals surface area contributed by atoms with Gasteiger partial charge < -0.3 is 0 Å².